The molecule has 1 heterocycles. The van der Waals surface area contributed by atoms with Crippen molar-refractivity contribution < 1.29 is 14.3 Å². The fourth-order valence-corrected chi connectivity index (χ4v) is 3.91. The van der Waals surface area contributed by atoms with Gasteiger partial charge in [-0.2, -0.15) is 0 Å². The highest BCUT2D eigenvalue weighted by Crippen LogP contribution is 2.39. The maximum absolute atomic E-state index is 13.2. The van der Waals surface area contributed by atoms with Crippen LogP contribution in [0.25, 0.3) is 5.57 Å². The van der Waals surface area contributed by atoms with Crippen molar-refractivity contribution in [3.63, 3.8) is 0 Å². The summed E-state index contributed by atoms with van der Waals surface area (Å²) in [6, 6.07) is 14.7. The highest BCUT2D eigenvalue weighted by molar-refractivity contribution is 8.04. The zero-order valence-corrected chi connectivity index (χ0v) is 17.4. The number of hydrogen-bond acceptors (Lipinski definition) is 5. The number of ether oxygens (including phenoxy) is 1. The van der Waals surface area contributed by atoms with Crippen LogP contribution in [0.3, 0.4) is 0 Å². The number of hydrogen-bond donors (Lipinski definition) is 0. The number of nitrogens with zero attached hydrogens (tertiary/aromatic N) is 2. The van der Waals surface area contributed by atoms with Gasteiger partial charge in [-0.25, -0.2) is 4.90 Å². The molecule has 0 aromatic heterocycles. The Morgan fingerprint density at radius 1 is 0.929 bits per heavy atom. The van der Waals surface area contributed by atoms with Gasteiger partial charge in [0.2, 0.25) is 0 Å². The van der Waals surface area contributed by atoms with Crippen LogP contribution in [-0.4, -0.2) is 38.3 Å². The Bertz CT molecular complexity index is 902. The molecule has 6 heteroatoms. The Morgan fingerprint density at radius 2 is 1.57 bits per heavy atom. The van der Waals surface area contributed by atoms with Crippen LogP contribution in [0.2, 0.25) is 0 Å². The summed E-state index contributed by atoms with van der Waals surface area (Å²) in [6.45, 7) is 4.47. The third-order valence-electron chi connectivity index (χ3n) is 4.41. The molecule has 0 saturated heterocycles. The third-order valence-corrected chi connectivity index (χ3v) is 5.36. The van der Waals surface area contributed by atoms with E-state index in [1.54, 1.807) is 12.1 Å². The molecule has 3 rings (SSSR count). The fourth-order valence-electron chi connectivity index (χ4n) is 3.06. The van der Waals surface area contributed by atoms with Gasteiger partial charge >= 0.3 is 0 Å². The number of carbonyl (C=O) groups excluding carboxylic acids is 2. The zero-order chi connectivity index (χ0) is 20.3. The molecular formula is C22H24N2O3S. The predicted octanol–water partition coefficient (Wildman–Crippen LogP) is 4.19. The molecule has 1 aliphatic heterocycles. The minimum Gasteiger partial charge on any atom is -0.494 e. The normalized spacial score (nSPS) is 14.1. The average Bonchev–Trinajstić information content (AvgIpc) is 2.93. The smallest absolute Gasteiger partial charge is 0.272 e. The minimum absolute atomic E-state index is 0.265. The Balaban J connectivity index is 1.98. The molecule has 0 atom stereocenters. The largest absolute Gasteiger partial charge is 0.494 e. The second-order valence-electron chi connectivity index (χ2n) is 6.45. The SMILES string of the molecule is CCOc1ccc(C2=C(SCC)C(=O)N(c3ccc(N(C)C)cc3)C2=O)cc1. The number of rotatable bonds is 7. The summed E-state index contributed by atoms with van der Waals surface area (Å²) < 4.78 is 5.48. The van der Waals surface area contributed by atoms with Crippen LogP contribution in [0.5, 0.6) is 5.75 Å². The Labute approximate surface area is 170 Å². The van der Waals surface area contributed by atoms with Crippen molar-refractivity contribution in [1.82, 2.24) is 0 Å². The molecule has 5 nitrogen and oxygen atoms in total. The topological polar surface area (TPSA) is 49.9 Å². The molecule has 2 aromatic rings. The third kappa shape index (κ3) is 3.78. The monoisotopic (exact) mass is 396 g/mol. The fraction of sp³-hybridized carbons (Fsp3) is 0.273. The summed E-state index contributed by atoms with van der Waals surface area (Å²) in [5.41, 5.74) is 2.77. The van der Waals surface area contributed by atoms with Gasteiger partial charge in [-0.3, -0.25) is 9.59 Å². The van der Waals surface area contributed by atoms with Crippen molar-refractivity contribution in [2.45, 2.75) is 13.8 Å². The molecule has 0 N–H and O–H groups in total. The van der Waals surface area contributed by atoms with E-state index in [0.29, 0.717) is 28.5 Å². The predicted molar refractivity (Wildman–Crippen MR) is 116 cm³/mol. The van der Waals surface area contributed by atoms with E-state index in [4.69, 9.17) is 4.74 Å². The molecule has 146 valence electrons. The second-order valence-corrected chi connectivity index (χ2v) is 7.73. The van der Waals surface area contributed by atoms with E-state index in [1.807, 2.05) is 69.2 Å². The second kappa shape index (κ2) is 8.52. The van der Waals surface area contributed by atoms with Crippen molar-refractivity contribution in [3.8, 4) is 5.75 Å². The first-order valence-corrected chi connectivity index (χ1v) is 10.2. The summed E-state index contributed by atoms with van der Waals surface area (Å²) in [5, 5.41) is 0. The lowest BCUT2D eigenvalue weighted by molar-refractivity contribution is -0.119. The van der Waals surface area contributed by atoms with Gasteiger partial charge in [-0.1, -0.05) is 19.1 Å². The zero-order valence-electron chi connectivity index (χ0n) is 16.6. The lowest BCUT2D eigenvalue weighted by atomic mass is 10.1. The van der Waals surface area contributed by atoms with Crippen LogP contribution in [0.15, 0.2) is 53.4 Å². The van der Waals surface area contributed by atoms with E-state index in [2.05, 4.69) is 0 Å². The lowest BCUT2D eigenvalue weighted by Crippen LogP contribution is -2.31. The van der Waals surface area contributed by atoms with E-state index in [-0.39, 0.29) is 11.8 Å². The van der Waals surface area contributed by atoms with Crippen LogP contribution in [0, 0.1) is 0 Å². The van der Waals surface area contributed by atoms with Gasteiger partial charge < -0.3 is 9.64 Å². The molecule has 0 unspecified atom stereocenters. The highest BCUT2D eigenvalue weighted by Gasteiger charge is 2.39. The average molecular weight is 397 g/mol. The maximum atomic E-state index is 13.2. The number of carbonyl (C=O) groups is 2. The van der Waals surface area contributed by atoms with Gasteiger partial charge in [0.25, 0.3) is 11.8 Å². The molecule has 0 spiro atoms. The number of amides is 2. The van der Waals surface area contributed by atoms with Gasteiger partial charge in [0.15, 0.2) is 0 Å². The lowest BCUT2D eigenvalue weighted by Gasteiger charge is -2.17. The molecule has 0 saturated carbocycles. The molecular weight excluding hydrogens is 372 g/mol. The molecule has 28 heavy (non-hydrogen) atoms. The first-order valence-electron chi connectivity index (χ1n) is 9.24. The first-order chi connectivity index (χ1) is 13.5. The number of imide groups is 1. The van der Waals surface area contributed by atoms with Gasteiger partial charge in [0, 0.05) is 19.8 Å². The summed E-state index contributed by atoms with van der Waals surface area (Å²) in [6.07, 6.45) is 0. The molecule has 0 bridgehead atoms. The molecule has 0 radical (unpaired) electrons. The van der Waals surface area contributed by atoms with Crippen molar-refractivity contribution >= 4 is 40.5 Å². The molecule has 2 aromatic carbocycles. The summed E-state index contributed by atoms with van der Waals surface area (Å²) in [4.78, 5) is 30.0. The van der Waals surface area contributed by atoms with Crippen molar-refractivity contribution in [2.24, 2.45) is 0 Å². The minimum atomic E-state index is -0.289. The number of anilines is 2. The van der Waals surface area contributed by atoms with Crippen LogP contribution >= 0.6 is 11.8 Å². The molecule has 0 fully saturated rings. The van der Waals surface area contributed by atoms with E-state index in [9.17, 15) is 9.59 Å². The first kappa shape index (κ1) is 20.0. The quantitative estimate of drug-likeness (QED) is 0.657. The van der Waals surface area contributed by atoms with E-state index < -0.39 is 0 Å². The number of benzene rings is 2. The molecule has 0 aliphatic carbocycles. The Morgan fingerprint density at radius 3 is 2.11 bits per heavy atom. The highest BCUT2D eigenvalue weighted by atomic mass is 32.2. The van der Waals surface area contributed by atoms with E-state index >= 15 is 0 Å². The summed E-state index contributed by atoms with van der Waals surface area (Å²) in [7, 11) is 3.89. The van der Waals surface area contributed by atoms with E-state index in [1.165, 1.54) is 16.7 Å². The Kier molecular flexibility index (Phi) is 6.09. The maximum Gasteiger partial charge on any atom is 0.272 e. The van der Waals surface area contributed by atoms with Crippen LogP contribution in [0.4, 0.5) is 11.4 Å². The van der Waals surface area contributed by atoms with Gasteiger partial charge in [0.05, 0.1) is 22.8 Å². The number of thioether (sulfide) groups is 1. The van der Waals surface area contributed by atoms with Crippen molar-refractivity contribution in [2.75, 3.05) is 36.3 Å². The summed E-state index contributed by atoms with van der Waals surface area (Å²) >= 11 is 1.40. The van der Waals surface area contributed by atoms with Gasteiger partial charge in [-0.05, 0) is 54.6 Å². The standard InChI is InChI=1S/C22H24N2O3S/c1-5-27-18-13-7-15(8-14-18)19-20(28-6-2)22(26)24(21(19)25)17-11-9-16(10-12-17)23(3)4/h7-14H,5-6H2,1-4H3. The van der Waals surface area contributed by atoms with Gasteiger partial charge in [-0.15, -0.1) is 11.8 Å². The van der Waals surface area contributed by atoms with Crippen LogP contribution < -0.4 is 14.5 Å². The van der Waals surface area contributed by atoms with Crippen LogP contribution in [0.1, 0.15) is 19.4 Å². The van der Waals surface area contributed by atoms with Crippen molar-refractivity contribution in [1.29, 1.82) is 0 Å². The van der Waals surface area contributed by atoms with Crippen LogP contribution in [-0.2, 0) is 9.59 Å². The van der Waals surface area contributed by atoms with E-state index in [0.717, 1.165) is 17.0 Å². The van der Waals surface area contributed by atoms with Crippen molar-refractivity contribution in [3.05, 3.63) is 59.0 Å². The molecule has 2 amide bonds. The van der Waals surface area contributed by atoms with Gasteiger partial charge in [0.1, 0.15) is 5.75 Å². The molecule has 1 aliphatic rings. The summed E-state index contributed by atoms with van der Waals surface area (Å²) in [5.74, 6) is 0.896. The Hall–Kier alpha value is -2.73.